The van der Waals surface area contributed by atoms with E-state index >= 15 is 0 Å². The van der Waals surface area contributed by atoms with Crippen molar-refractivity contribution >= 4 is 41.6 Å². The van der Waals surface area contributed by atoms with Crippen molar-refractivity contribution in [3.63, 3.8) is 0 Å². The molecule has 2 aromatic rings. The molecule has 1 amide bonds. The highest BCUT2D eigenvalue weighted by Gasteiger charge is 2.24. The number of aromatic nitrogens is 1. The SMILES string of the molecule is Cc1nc2cc(F)ccc2cc1C(=O)N(C)C1CCNCC1.Cl.Cl. The van der Waals surface area contributed by atoms with Crippen molar-refractivity contribution in [1.82, 2.24) is 15.2 Å². The number of nitrogens with zero attached hydrogens (tertiary/aromatic N) is 2. The lowest BCUT2D eigenvalue weighted by Gasteiger charge is -2.32. The van der Waals surface area contributed by atoms with Crippen LogP contribution in [0.25, 0.3) is 10.9 Å². The molecular weight excluding hydrogens is 352 g/mol. The van der Waals surface area contributed by atoms with Crippen LogP contribution in [0.2, 0.25) is 0 Å². The predicted molar refractivity (Wildman–Crippen MR) is 98.9 cm³/mol. The monoisotopic (exact) mass is 373 g/mol. The standard InChI is InChI=1S/C17H20FN3O.2ClH/c1-11-15(9-12-3-4-13(18)10-16(12)20-11)17(22)21(2)14-5-7-19-8-6-14;;/h3-4,9-10,14,19H,5-8H2,1-2H3;2*1H. The molecule has 2 heterocycles. The van der Waals surface area contributed by atoms with E-state index in [2.05, 4.69) is 10.3 Å². The summed E-state index contributed by atoms with van der Waals surface area (Å²) in [6.45, 7) is 3.68. The van der Waals surface area contributed by atoms with Gasteiger partial charge in [0, 0.05) is 24.5 Å². The van der Waals surface area contributed by atoms with Gasteiger partial charge in [-0.05, 0) is 51.1 Å². The van der Waals surface area contributed by atoms with Crippen molar-refractivity contribution in [2.24, 2.45) is 0 Å². The Morgan fingerprint density at radius 2 is 1.92 bits per heavy atom. The minimum atomic E-state index is -0.315. The maximum Gasteiger partial charge on any atom is 0.255 e. The smallest absolute Gasteiger partial charge is 0.255 e. The maximum absolute atomic E-state index is 13.3. The second-order valence-corrected chi connectivity index (χ2v) is 5.86. The molecule has 24 heavy (non-hydrogen) atoms. The molecule has 0 saturated carbocycles. The quantitative estimate of drug-likeness (QED) is 0.877. The second kappa shape index (κ2) is 8.60. The van der Waals surface area contributed by atoms with E-state index in [0.717, 1.165) is 31.3 Å². The van der Waals surface area contributed by atoms with Crippen LogP contribution < -0.4 is 5.32 Å². The van der Waals surface area contributed by atoms with E-state index in [-0.39, 0.29) is 42.6 Å². The Balaban J connectivity index is 0.00000144. The highest BCUT2D eigenvalue weighted by Crippen LogP contribution is 2.20. The van der Waals surface area contributed by atoms with Gasteiger partial charge in [0.2, 0.25) is 0 Å². The first-order chi connectivity index (χ1) is 10.6. The lowest BCUT2D eigenvalue weighted by atomic mass is 10.0. The molecule has 1 aromatic carbocycles. The fraction of sp³-hybridized carbons (Fsp3) is 0.412. The first-order valence-electron chi connectivity index (χ1n) is 7.61. The number of halogens is 3. The average Bonchev–Trinajstić information content (AvgIpc) is 2.53. The zero-order valence-electron chi connectivity index (χ0n) is 13.7. The fourth-order valence-corrected chi connectivity index (χ4v) is 3.00. The van der Waals surface area contributed by atoms with Crippen LogP contribution in [-0.4, -0.2) is 42.0 Å². The summed E-state index contributed by atoms with van der Waals surface area (Å²) in [5.41, 5.74) is 1.82. The Morgan fingerprint density at radius 1 is 1.25 bits per heavy atom. The van der Waals surface area contributed by atoms with Crippen LogP contribution in [0.15, 0.2) is 24.3 Å². The second-order valence-electron chi connectivity index (χ2n) is 5.86. The predicted octanol–water partition coefficient (Wildman–Crippen LogP) is 3.35. The van der Waals surface area contributed by atoms with Gasteiger partial charge in [0.05, 0.1) is 16.8 Å². The molecule has 7 heteroatoms. The Hall–Kier alpha value is -1.43. The molecule has 132 valence electrons. The normalized spacial score (nSPS) is 14.6. The van der Waals surface area contributed by atoms with E-state index in [1.54, 1.807) is 13.0 Å². The maximum atomic E-state index is 13.3. The summed E-state index contributed by atoms with van der Waals surface area (Å²) in [5.74, 6) is -0.326. The van der Waals surface area contributed by atoms with E-state index < -0.39 is 0 Å². The first-order valence-corrected chi connectivity index (χ1v) is 7.61. The summed E-state index contributed by atoms with van der Waals surface area (Å²) in [5, 5.41) is 4.09. The summed E-state index contributed by atoms with van der Waals surface area (Å²) >= 11 is 0. The molecule has 0 unspecified atom stereocenters. The molecule has 1 fully saturated rings. The highest BCUT2D eigenvalue weighted by atomic mass is 35.5. The number of hydrogen-bond donors (Lipinski definition) is 1. The van der Waals surface area contributed by atoms with Crippen molar-refractivity contribution in [3.05, 3.63) is 41.3 Å². The van der Waals surface area contributed by atoms with Crippen molar-refractivity contribution in [2.75, 3.05) is 20.1 Å². The Morgan fingerprint density at radius 3 is 2.58 bits per heavy atom. The van der Waals surface area contributed by atoms with Gasteiger partial charge >= 0.3 is 0 Å². The third-order valence-corrected chi connectivity index (χ3v) is 4.38. The van der Waals surface area contributed by atoms with Gasteiger partial charge in [-0.2, -0.15) is 0 Å². The molecule has 0 spiro atoms. The molecule has 3 rings (SSSR count). The van der Waals surface area contributed by atoms with Crippen LogP contribution >= 0.6 is 24.8 Å². The molecule has 1 saturated heterocycles. The molecule has 0 radical (unpaired) electrons. The topological polar surface area (TPSA) is 45.2 Å². The van der Waals surface area contributed by atoms with E-state index in [9.17, 15) is 9.18 Å². The number of amides is 1. The molecule has 1 aliphatic heterocycles. The summed E-state index contributed by atoms with van der Waals surface area (Å²) in [4.78, 5) is 19.0. The number of carbonyl (C=O) groups excluding carboxylic acids is 1. The van der Waals surface area contributed by atoms with E-state index in [1.807, 2.05) is 18.0 Å². The van der Waals surface area contributed by atoms with Crippen LogP contribution in [0.4, 0.5) is 4.39 Å². The zero-order chi connectivity index (χ0) is 15.7. The molecule has 0 aliphatic carbocycles. The van der Waals surface area contributed by atoms with Crippen LogP contribution in [0.3, 0.4) is 0 Å². The summed E-state index contributed by atoms with van der Waals surface area (Å²) in [6.07, 6.45) is 1.93. The van der Waals surface area contributed by atoms with E-state index in [0.29, 0.717) is 16.8 Å². The number of piperidine rings is 1. The number of hydrogen-bond acceptors (Lipinski definition) is 3. The van der Waals surface area contributed by atoms with Gasteiger partial charge in [-0.15, -0.1) is 24.8 Å². The zero-order valence-corrected chi connectivity index (χ0v) is 15.3. The van der Waals surface area contributed by atoms with E-state index in [4.69, 9.17) is 0 Å². The molecule has 1 N–H and O–H groups in total. The van der Waals surface area contributed by atoms with Gasteiger partial charge in [-0.1, -0.05) is 0 Å². The number of benzene rings is 1. The molecule has 0 bridgehead atoms. The largest absolute Gasteiger partial charge is 0.339 e. The summed E-state index contributed by atoms with van der Waals surface area (Å²) < 4.78 is 13.3. The molecule has 4 nitrogen and oxygen atoms in total. The number of aryl methyl sites for hydroxylation is 1. The third kappa shape index (κ3) is 4.15. The Kier molecular flexibility index (Phi) is 7.39. The summed E-state index contributed by atoms with van der Waals surface area (Å²) in [7, 11) is 1.85. The Bertz CT molecular complexity index is 720. The molecular formula is C17H22Cl2FN3O. The van der Waals surface area contributed by atoms with E-state index in [1.165, 1.54) is 12.1 Å². The number of rotatable bonds is 2. The van der Waals surface area contributed by atoms with Crippen molar-refractivity contribution < 1.29 is 9.18 Å². The van der Waals surface area contributed by atoms with Gasteiger partial charge in [0.25, 0.3) is 5.91 Å². The van der Waals surface area contributed by atoms with Gasteiger partial charge in [0.1, 0.15) is 5.82 Å². The van der Waals surface area contributed by atoms with Gasteiger partial charge < -0.3 is 10.2 Å². The highest BCUT2D eigenvalue weighted by molar-refractivity contribution is 5.98. The minimum Gasteiger partial charge on any atom is -0.339 e. The summed E-state index contributed by atoms with van der Waals surface area (Å²) in [6, 6.07) is 6.53. The average molecular weight is 374 g/mol. The van der Waals surface area contributed by atoms with Crippen molar-refractivity contribution in [3.8, 4) is 0 Å². The number of pyridine rings is 1. The number of fused-ring (bicyclic) bond motifs is 1. The lowest BCUT2D eigenvalue weighted by molar-refractivity contribution is 0.0702. The van der Waals surface area contributed by atoms with Gasteiger partial charge in [0.15, 0.2) is 0 Å². The van der Waals surface area contributed by atoms with Crippen molar-refractivity contribution in [2.45, 2.75) is 25.8 Å². The van der Waals surface area contributed by atoms with Crippen LogP contribution in [-0.2, 0) is 0 Å². The van der Waals surface area contributed by atoms with Crippen LogP contribution in [0, 0.1) is 12.7 Å². The third-order valence-electron chi connectivity index (χ3n) is 4.38. The van der Waals surface area contributed by atoms with Crippen LogP contribution in [0.1, 0.15) is 28.9 Å². The van der Waals surface area contributed by atoms with Crippen LogP contribution in [0.5, 0.6) is 0 Å². The fourth-order valence-electron chi connectivity index (χ4n) is 3.00. The van der Waals surface area contributed by atoms with Gasteiger partial charge in [-0.3, -0.25) is 9.78 Å². The number of carbonyl (C=O) groups is 1. The van der Waals surface area contributed by atoms with Crippen molar-refractivity contribution in [1.29, 1.82) is 0 Å². The first kappa shape index (κ1) is 20.6. The minimum absolute atomic E-state index is 0. The van der Waals surface area contributed by atoms with Gasteiger partial charge in [-0.25, -0.2) is 4.39 Å². The molecule has 0 atom stereocenters. The molecule has 1 aromatic heterocycles. The molecule has 1 aliphatic rings. The lowest BCUT2D eigenvalue weighted by Crippen LogP contribution is -2.44. The number of nitrogens with one attached hydrogen (secondary N) is 1. The Labute approximate surface area is 153 Å².